The van der Waals surface area contributed by atoms with Gasteiger partial charge in [-0.1, -0.05) is 12.1 Å². The number of nitrogens with zero attached hydrogens (tertiary/aromatic N) is 2. The summed E-state index contributed by atoms with van der Waals surface area (Å²) in [6.45, 7) is 4.20. The highest BCUT2D eigenvalue weighted by atomic mass is 19.4. The van der Waals surface area contributed by atoms with Crippen molar-refractivity contribution >= 4 is 22.4 Å². The summed E-state index contributed by atoms with van der Waals surface area (Å²) in [7, 11) is 0. The van der Waals surface area contributed by atoms with Crippen LogP contribution in [-0.4, -0.2) is 61.6 Å². The van der Waals surface area contributed by atoms with Gasteiger partial charge >= 0.3 is 6.18 Å². The number of aromatic nitrogens is 2. The maximum atomic E-state index is 13.7. The molecule has 3 N–H and O–H groups in total. The van der Waals surface area contributed by atoms with E-state index in [4.69, 9.17) is 4.74 Å². The number of aromatic amines is 1. The first-order valence-electron chi connectivity index (χ1n) is 11.4. The molecule has 33 heavy (non-hydrogen) atoms. The molecule has 0 spiro atoms. The summed E-state index contributed by atoms with van der Waals surface area (Å²) in [6, 6.07) is 9.61. The van der Waals surface area contributed by atoms with Crippen molar-refractivity contribution in [1.82, 2.24) is 15.3 Å². The van der Waals surface area contributed by atoms with E-state index in [2.05, 4.69) is 31.6 Å². The Balaban J connectivity index is 1.36. The van der Waals surface area contributed by atoms with E-state index >= 15 is 0 Å². The molecule has 2 fully saturated rings. The fraction of sp³-hybridized carbons (Fsp3) is 0.458. The van der Waals surface area contributed by atoms with Crippen LogP contribution >= 0.6 is 0 Å². The molecule has 2 aromatic heterocycles. The third kappa shape index (κ3) is 4.79. The number of halogens is 3. The van der Waals surface area contributed by atoms with Crippen molar-refractivity contribution in [3.05, 3.63) is 42.6 Å². The molecule has 0 bridgehead atoms. The average molecular weight is 460 g/mol. The minimum atomic E-state index is -4.29. The van der Waals surface area contributed by atoms with Crippen LogP contribution in [0.25, 0.3) is 22.2 Å². The second kappa shape index (κ2) is 9.23. The first-order valence-corrected chi connectivity index (χ1v) is 11.4. The summed E-state index contributed by atoms with van der Waals surface area (Å²) < 4.78 is 46.7. The summed E-state index contributed by atoms with van der Waals surface area (Å²) >= 11 is 0. The lowest BCUT2D eigenvalue weighted by molar-refractivity contribution is -0.155. The lowest BCUT2D eigenvalue weighted by Gasteiger charge is -2.33. The van der Waals surface area contributed by atoms with E-state index in [0.717, 1.165) is 41.1 Å². The molecule has 1 atom stereocenters. The zero-order valence-electron chi connectivity index (χ0n) is 18.3. The molecule has 9 heteroatoms. The van der Waals surface area contributed by atoms with E-state index in [9.17, 15) is 13.2 Å². The first kappa shape index (κ1) is 22.0. The van der Waals surface area contributed by atoms with Gasteiger partial charge < -0.3 is 25.3 Å². The Morgan fingerprint density at radius 2 is 1.79 bits per heavy atom. The molecule has 0 amide bonds. The van der Waals surface area contributed by atoms with E-state index in [1.54, 1.807) is 18.3 Å². The van der Waals surface area contributed by atoms with Crippen LogP contribution < -0.4 is 15.5 Å². The molecule has 2 aliphatic rings. The van der Waals surface area contributed by atoms with Crippen LogP contribution in [-0.2, 0) is 4.74 Å². The van der Waals surface area contributed by atoms with Crippen molar-refractivity contribution in [1.29, 1.82) is 0 Å². The number of rotatable bonds is 5. The van der Waals surface area contributed by atoms with Gasteiger partial charge in [0, 0.05) is 36.1 Å². The van der Waals surface area contributed by atoms with E-state index in [1.807, 2.05) is 18.2 Å². The van der Waals surface area contributed by atoms with Crippen molar-refractivity contribution < 1.29 is 17.9 Å². The molecule has 3 aromatic rings. The Morgan fingerprint density at radius 3 is 2.48 bits per heavy atom. The minimum absolute atomic E-state index is 0.425. The highest BCUT2D eigenvalue weighted by Crippen LogP contribution is 2.34. The first-order chi connectivity index (χ1) is 16.0. The van der Waals surface area contributed by atoms with Crippen molar-refractivity contribution in [3.63, 3.8) is 0 Å². The van der Waals surface area contributed by atoms with Gasteiger partial charge in [0.2, 0.25) is 0 Å². The van der Waals surface area contributed by atoms with Gasteiger partial charge in [-0.15, -0.1) is 0 Å². The molecular formula is C24H28F3N5O. The monoisotopic (exact) mass is 459 g/mol. The van der Waals surface area contributed by atoms with Gasteiger partial charge in [-0.2, -0.15) is 13.2 Å². The molecule has 0 aliphatic carbocycles. The number of ether oxygens (including phenoxy) is 1. The maximum Gasteiger partial charge on any atom is 0.408 e. The summed E-state index contributed by atoms with van der Waals surface area (Å²) in [5, 5.41) is 6.92. The van der Waals surface area contributed by atoms with Crippen molar-refractivity contribution in [2.75, 3.05) is 49.6 Å². The molecule has 176 valence electrons. The lowest BCUT2D eigenvalue weighted by atomic mass is 9.89. The predicted molar refractivity (Wildman–Crippen MR) is 124 cm³/mol. The van der Waals surface area contributed by atoms with Gasteiger partial charge in [0.15, 0.2) is 0 Å². The highest BCUT2D eigenvalue weighted by molar-refractivity contribution is 5.94. The average Bonchev–Trinajstić information content (AvgIpc) is 3.28. The molecule has 4 heterocycles. The normalized spacial score (nSPS) is 19.1. The number of pyridine rings is 1. The molecule has 0 radical (unpaired) electrons. The second-order valence-corrected chi connectivity index (χ2v) is 8.71. The van der Waals surface area contributed by atoms with Crippen LogP contribution in [0.3, 0.4) is 0 Å². The zero-order chi connectivity index (χ0) is 22.8. The number of piperidine rings is 1. The van der Waals surface area contributed by atoms with Crippen LogP contribution in [0.15, 0.2) is 42.6 Å². The lowest BCUT2D eigenvalue weighted by Crippen LogP contribution is -2.46. The van der Waals surface area contributed by atoms with E-state index in [0.29, 0.717) is 44.8 Å². The van der Waals surface area contributed by atoms with E-state index in [1.165, 1.54) is 0 Å². The van der Waals surface area contributed by atoms with Crippen LogP contribution in [0.4, 0.5) is 24.7 Å². The third-order valence-corrected chi connectivity index (χ3v) is 6.56. The van der Waals surface area contributed by atoms with Crippen LogP contribution in [0.5, 0.6) is 0 Å². The Labute approximate surface area is 190 Å². The van der Waals surface area contributed by atoms with E-state index < -0.39 is 18.1 Å². The van der Waals surface area contributed by atoms with Crippen LogP contribution in [0, 0.1) is 5.92 Å². The Morgan fingerprint density at radius 1 is 1.06 bits per heavy atom. The number of hydrogen-bond donors (Lipinski definition) is 3. The van der Waals surface area contributed by atoms with Gasteiger partial charge in [-0.05, 0) is 61.7 Å². The molecule has 2 saturated heterocycles. The Hall–Kier alpha value is -2.78. The summed E-state index contributed by atoms with van der Waals surface area (Å²) in [4.78, 5) is 10.2. The number of morpholine rings is 1. The summed E-state index contributed by atoms with van der Waals surface area (Å²) in [6.07, 6.45) is -1.47. The topological polar surface area (TPSA) is 65.2 Å². The van der Waals surface area contributed by atoms with Crippen molar-refractivity contribution in [2.24, 2.45) is 5.92 Å². The Kier molecular flexibility index (Phi) is 6.16. The van der Waals surface area contributed by atoms with Crippen molar-refractivity contribution in [2.45, 2.75) is 25.1 Å². The number of nitrogens with one attached hydrogen (secondary N) is 3. The SMILES string of the molecule is FC(F)(F)[C@@H](Nc1ccc(-c2cc3c(N4CCOCC4)nccc3[nH]2)cc1)C1CCNCC1. The number of benzene rings is 1. The molecule has 2 aliphatic heterocycles. The molecule has 0 unspecified atom stereocenters. The smallest absolute Gasteiger partial charge is 0.378 e. The standard InChI is InChI=1S/C24H28F3N5O/c25-24(26,27)22(17-5-8-28-9-6-17)30-18-3-1-16(2-4-18)21-15-19-20(31-21)7-10-29-23(19)32-11-13-33-14-12-32/h1-4,7,10,15,17,22,28,30-31H,5-6,8-9,11-14H2/t22-/m0/s1. The van der Waals surface area contributed by atoms with Crippen molar-refractivity contribution in [3.8, 4) is 11.3 Å². The van der Waals surface area contributed by atoms with Crippen LogP contribution in [0.1, 0.15) is 12.8 Å². The number of anilines is 2. The molecule has 1 aromatic carbocycles. The van der Waals surface area contributed by atoms with Gasteiger partial charge in [0.05, 0.1) is 18.7 Å². The predicted octanol–water partition coefficient (Wildman–Crippen LogP) is 4.41. The molecule has 6 nitrogen and oxygen atoms in total. The molecular weight excluding hydrogens is 431 g/mol. The quantitative estimate of drug-likeness (QED) is 0.528. The number of hydrogen-bond acceptors (Lipinski definition) is 5. The van der Waals surface area contributed by atoms with E-state index in [-0.39, 0.29) is 0 Å². The van der Waals surface area contributed by atoms with Gasteiger partial charge in [-0.25, -0.2) is 4.98 Å². The third-order valence-electron chi connectivity index (χ3n) is 6.56. The summed E-state index contributed by atoms with van der Waals surface area (Å²) in [5.74, 6) is 0.498. The summed E-state index contributed by atoms with van der Waals surface area (Å²) in [5.41, 5.74) is 3.28. The molecule has 0 saturated carbocycles. The fourth-order valence-electron chi connectivity index (χ4n) is 4.79. The highest BCUT2D eigenvalue weighted by Gasteiger charge is 2.44. The molecule has 5 rings (SSSR count). The zero-order valence-corrected chi connectivity index (χ0v) is 18.3. The van der Waals surface area contributed by atoms with Crippen LogP contribution in [0.2, 0.25) is 0 Å². The van der Waals surface area contributed by atoms with Gasteiger partial charge in [-0.3, -0.25) is 0 Å². The van der Waals surface area contributed by atoms with Gasteiger partial charge in [0.1, 0.15) is 11.9 Å². The number of alkyl halides is 3. The Bertz CT molecular complexity index is 1070. The number of H-pyrrole nitrogens is 1. The minimum Gasteiger partial charge on any atom is -0.378 e. The second-order valence-electron chi connectivity index (χ2n) is 8.71. The fourth-order valence-corrected chi connectivity index (χ4v) is 4.79. The number of fused-ring (bicyclic) bond motifs is 1. The maximum absolute atomic E-state index is 13.7. The largest absolute Gasteiger partial charge is 0.408 e. The van der Waals surface area contributed by atoms with Gasteiger partial charge in [0.25, 0.3) is 0 Å².